The highest BCUT2D eigenvalue weighted by atomic mass is 79.9. The molecule has 3 aliphatic heterocycles. The van der Waals surface area contributed by atoms with Crippen LogP contribution in [0, 0.1) is 27.7 Å². The lowest BCUT2D eigenvalue weighted by Gasteiger charge is -2.32. The maximum absolute atomic E-state index is 12.4. The predicted molar refractivity (Wildman–Crippen MR) is 470 cm³/mol. The molecule has 0 atom stereocenters. The number of hydrogen-bond acceptors (Lipinski definition) is 17. The van der Waals surface area contributed by atoms with Crippen LogP contribution in [0.5, 0.6) is 0 Å². The van der Waals surface area contributed by atoms with Gasteiger partial charge in [-0.3, -0.25) is 9.59 Å². The van der Waals surface area contributed by atoms with Gasteiger partial charge in [0.05, 0.1) is 83.7 Å². The largest absolute Gasteiger partial charge is 0.494 e. The lowest BCUT2D eigenvalue weighted by atomic mass is 9.49. The fraction of sp³-hybridized carbons (Fsp3) is 0.350. The molecule has 7 heterocycles. The number of anilines is 1. The van der Waals surface area contributed by atoms with Crippen molar-refractivity contribution in [3.8, 4) is 33.6 Å². The van der Waals surface area contributed by atoms with Crippen LogP contribution in [0.15, 0.2) is 169 Å². The molecule has 0 spiro atoms. The Balaban J connectivity index is 0.000000174. The summed E-state index contributed by atoms with van der Waals surface area (Å²) in [7, 11) is -10.9. The number of halogens is 7. The second-order valence-electron chi connectivity index (χ2n) is 30.8. The number of aromatic nitrogens is 4. The summed E-state index contributed by atoms with van der Waals surface area (Å²) in [6.07, 6.45) is 6.77. The molecule has 0 bridgehead atoms. The average molecular weight is 1860 g/mol. The molecule has 112 heavy (non-hydrogen) atoms. The van der Waals surface area contributed by atoms with Crippen molar-refractivity contribution in [3.05, 3.63) is 239 Å². The standard InChI is InChI=1S/C23H19ClN2O3S.C15H22BClO4S.C14H9BrN2O.C12H24B2O4.C9H10BrClO2S.C7H7BrClN/c1-14-10-16(11-20(24)19(14)13-30(2,28)29)17-12-18-21(27)8-9-25-23(18)26-22(17)15-6-4-3-5-7-15;1-10-7-11(8-13(17)12(10)9-22(6,18)19)16-20-14(2,3)15(4,5)21-16;15-11-8-10-12(18)6-7-16-14(10)17-13(11)9-4-2-1-3-5-9;1-9(2)10(3,4)16-13(15-9)14-17-11(5,6)12(7,8)18-14;1-6-3-7(10)4-9(11)8(6)5-14(2,12)13;1-4-2-5(8)3-6(9)7(4)10/h3-12H,13H2,1-2H3,(H,25,26,27);7-8H,9H2,1-6H3;1-8H,(H,16,17,18);1-8H3;3-4H,5H2,1-2H3;2-3H,10H2,1H3. The minimum atomic E-state index is -3.23. The van der Waals surface area contributed by atoms with Crippen LogP contribution in [0.25, 0.3) is 55.7 Å². The molecule has 4 aromatic heterocycles. The van der Waals surface area contributed by atoms with Gasteiger partial charge in [-0.1, -0.05) is 151 Å². The molecule has 0 radical (unpaired) electrons. The van der Waals surface area contributed by atoms with Gasteiger partial charge in [0.25, 0.3) is 0 Å². The van der Waals surface area contributed by atoms with Crippen LogP contribution in [-0.2, 0) is 74.7 Å². The third kappa shape index (κ3) is 23.3. The summed E-state index contributed by atoms with van der Waals surface area (Å²) in [5.74, 6) is -0.203. The first-order valence-electron chi connectivity index (χ1n) is 35.2. The van der Waals surface area contributed by atoms with Crippen LogP contribution in [0.2, 0.25) is 20.1 Å². The van der Waals surface area contributed by atoms with Crippen molar-refractivity contribution in [2.24, 2.45) is 0 Å². The minimum absolute atomic E-state index is 0.00898. The monoisotopic (exact) mass is 1850 g/mol. The number of pyridine rings is 4. The Labute approximate surface area is 703 Å². The molecule has 32 heteroatoms. The van der Waals surface area contributed by atoms with Crippen molar-refractivity contribution in [1.29, 1.82) is 0 Å². The van der Waals surface area contributed by atoms with E-state index >= 15 is 0 Å². The maximum atomic E-state index is 12.4. The SMILES string of the molecule is CC1(C)OB(B2OC(C)(C)C(C)(C)O2)OC1(C)C.Cc1cc(-c2cc3c(=O)cc[nH]c3nc2-c2ccccc2)cc(Cl)c1CS(C)(=O)=O.Cc1cc(B2OC(C)(C)C(C)(C)O2)cc(Cl)c1CS(C)(=O)=O.Cc1cc(Br)cc(Cl)c1CS(C)(=O)=O.Cc1cc(Br)cc(Cl)c1N.O=c1cc[nH]c2nc(-c3ccccc3)c(Br)cc12. The van der Waals surface area contributed by atoms with Crippen molar-refractivity contribution in [2.45, 2.75) is 162 Å². The number of fused-ring (bicyclic) bond motifs is 2. The lowest BCUT2D eigenvalue weighted by Crippen LogP contribution is -2.41. The number of H-pyrrole nitrogens is 2. The van der Waals surface area contributed by atoms with Gasteiger partial charge in [-0.15, -0.1) is 0 Å². The van der Waals surface area contributed by atoms with Crippen LogP contribution < -0.4 is 22.1 Å². The fourth-order valence-corrected chi connectivity index (χ4v) is 17.8. The van der Waals surface area contributed by atoms with Gasteiger partial charge in [-0.25, -0.2) is 35.2 Å². The van der Waals surface area contributed by atoms with Gasteiger partial charge in [0.1, 0.15) is 11.3 Å². The number of aromatic amines is 2. The highest BCUT2D eigenvalue weighted by Gasteiger charge is 2.64. The third-order valence-electron chi connectivity index (χ3n) is 19.9. The summed E-state index contributed by atoms with van der Waals surface area (Å²) >= 11 is 34.6. The zero-order valence-electron chi connectivity index (χ0n) is 65.8. The molecule has 3 aliphatic rings. The molecular weight excluding hydrogens is 1770 g/mol. The van der Waals surface area contributed by atoms with E-state index in [1.54, 1.807) is 36.7 Å². The summed E-state index contributed by atoms with van der Waals surface area (Å²) in [5.41, 5.74) is 16.0. The Morgan fingerprint density at radius 2 is 0.768 bits per heavy atom. The number of hydrogen-bond donors (Lipinski definition) is 3. The molecule has 0 amide bonds. The summed E-state index contributed by atoms with van der Waals surface area (Å²) in [6, 6.07) is 40.6. The van der Waals surface area contributed by atoms with Crippen LogP contribution in [0.3, 0.4) is 0 Å². The van der Waals surface area contributed by atoms with E-state index < -0.39 is 61.9 Å². The number of nitrogens with zero attached hydrogens (tertiary/aromatic N) is 2. The van der Waals surface area contributed by atoms with Gasteiger partial charge in [0, 0.05) is 88.5 Å². The van der Waals surface area contributed by atoms with Crippen LogP contribution in [0.4, 0.5) is 5.69 Å². The molecule has 4 N–H and O–H groups in total. The number of benzene rings is 6. The van der Waals surface area contributed by atoms with E-state index in [-0.39, 0.29) is 50.5 Å². The molecule has 3 fully saturated rings. The van der Waals surface area contributed by atoms with E-state index in [4.69, 9.17) is 85.0 Å². The quantitative estimate of drug-likeness (QED) is 0.0802. The Morgan fingerprint density at radius 1 is 0.420 bits per heavy atom. The van der Waals surface area contributed by atoms with Gasteiger partial charge in [-0.05, 0) is 225 Å². The molecule has 0 aliphatic carbocycles. The zero-order chi connectivity index (χ0) is 83.6. The normalized spacial score (nSPS) is 16.4. The third-order valence-corrected chi connectivity index (χ3v) is 25.2. The average Bonchev–Trinajstić information content (AvgIpc) is 1.59. The molecule has 10 aromatic rings. The number of nitrogens with two attached hydrogens (primary N) is 1. The van der Waals surface area contributed by atoms with Gasteiger partial charge in [0.2, 0.25) is 0 Å². The number of nitrogen functional groups attached to an aromatic ring is 1. The number of sulfone groups is 3. The summed E-state index contributed by atoms with van der Waals surface area (Å²) in [5, 5.41) is 2.95. The lowest BCUT2D eigenvalue weighted by molar-refractivity contribution is 0.00578. The number of nitrogens with one attached hydrogen (secondary N) is 2. The first-order valence-corrected chi connectivity index (χ1v) is 45.3. The molecule has 0 unspecified atom stereocenters. The highest BCUT2D eigenvalue weighted by Crippen LogP contribution is 2.44. The van der Waals surface area contributed by atoms with Crippen molar-refractivity contribution in [2.75, 3.05) is 24.5 Å². The predicted octanol–water partition coefficient (Wildman–Crippen LogP) is 18.8. The Hall–Kier alpha value is -5.76. The van der Waals surface area contributed by atoms with Gasteiger partial charge < -0.3 is 43.6 Å². The molecule has 596 valence electrons. The molecule has 13 rings (SSSR count). The minimum Gasteiger partial charge on any atom is -0.405 e. The molecule has 6 aromatic carbocycles. The first kappa shape index (κ1) is 91.8. The van der Waals surface area contributed by atoms with E-state index in [0.717, 1.165) is 69.1 Å². The van der Waals surface area contributed by atoms with Crippen molar-refractivity contribution in [3.63, 3.8) is 0 Å². The van der Waals surface area contributed by atoms with E-state index in [9.17, 15) is 34.8 Å². The Kier molecular flexibility index (Phi) is 29.5. The number of aryl methyl sites for hydroxylation is 4. The van der Waals surface area contributed by atoms with Gasteiger partial charge in [0.15, 0.2) is 40.4 Å². The molecular formula is C80H91B3Br3Cl4N5O14S3. The van der Waals surface area contributed by atoms with E-state index in [0.29, 0.717) is 70.2 Å². The number of rotatable bonds is 11. The second-order valence-corrected chi connectivity index (χ2v) is 41.5. The van der Waals surface area contributed by atoms with Crippen LogP contribution in [0.1, 0.15) is 122 Å². The van der Waals surface area contributed by atoms with E-state index in [1.807, 2.05) is 208 Å². The van der Waals surface area contributed by atoms with Crippen LogP contribution in [-0.4, -0.2) is 119 Å². The van der Waals surface area contributed by atoms with E-state index in [1.165, 1.54) is 30.9 Å². The summed E-state index contributed by atoms with van der Waals surface area (Å²) < 4.78 is 107. The van der Waals surface area contributed by atoms with Crippen molar-refractivity contribution < 1.29 is 53.2 Å². The molecule has 19 nitrogen and oxygen atoms in total. The topological polar surface area (TPSA) is 275 Å². The highest BCUT2D eigenvalue weighted by molar-refractivity contribution is 9.11. The first-order chi connectivity index (χ1) is 51.6. The Bertz CT molecular complexity index is 5480. The zero-order valence-corrected chi connectivity index (χ0v) is 76.0. The maximum Gasteiger partial charge on any atom is 0.494 e. The van der Waals surface area contributed by atoms with Crippen LogP contribution >= 0.6 is 94.2 Å². The molecule has 3 saturated heterocycles. The van der Waals surface area contributed by atoms with E-state index in [2.05, 4.69) is 62.7 Å². The summed E-state index contributed by atoms with van der Waals surface area (Å²) in [4.78, 5) is 39.4. The van der Waals surface area contributed by atoms with Gasteiger partial charge >= 0.3 is 21.1 Å². The molecule has 0 saturated carbocycles. The smallest absolute Gasteiger partial charge is 0.405 e. The van der Waals surface area contributed by atoms with Gasteiger partial charge in [-0.2, -0.15) is 0 Å². The van der Waals surface area contributed by atoms with Crippen molar-refractivity contribution >= 4 is 178 Å². The second kappa shape index (κ2) is 36.0. The summed E-state index contributed by atoms with van der Waals surface area (Å²) in [6.45, 7) is 31.6. The van der Waals surface area contributed by atoms with Crippen molar-refractivity contribution in [1.82, 2.24) is 19.9 Å². The Morgan fingerprint density at radius 3 is 1.16 bits per heavy atom. The fourth-order valence-electron chi connectivity index (χ4n) is 11.6.